The van der Waals surface area contributed by atoms with E-state index in [9.17, 15) is 13.2 Å². The summed E-state index contributed by atoms with van der Waals surface area (Å²) in [5.41, 5.74) is 0. The normalized spacial score (nSPS) is 20.7. The molecule has 92 valence electrons. The quantitative estimate of drug-likeness (QED) is 0.859. The lowest BCUT2D eigenvalue weighted by Gasteiger charge is -2.10. The zero-order valence-electron chi connectivity index (χ0n) is 9.30. The number of ketones is 1. The molecule has 1 heterocycles. The molecule has 17 heavy (non-hydrogen) atoms. The van der Waals surface area contributed by atoms with Crippen molar-refractivity contribution in [1.29, 1.82) is 0 Å². The molecule has 1 aromatic heterocycles. The maximum Gasteiger partial charge on any atom is 0.242 e. The minimum atomic E-state index is -3.54. The smallest absolute Gasteiger partial charge is 0.242 e. The van der Waals surface area contributed by atoms with E-state index in [0.717, 1.165) is 12.8 Å². The SMILES string of the molecule is O=C1CCC[C@@H]1CNS(=O)(=O)c1cccnc1. The molecule has 5 nitrogen and oxygen atoms in total. The van der Waals surface area contributed by atoms with Gasteiger partial charge in [-0.1, -0.05) is 0 Å². The van der Waals surface area contributed by atoms with Gasteiger partial charge in [-0.25, -0.2) is 13.1 Å². The molecule has 0 spiro atoms. The van der Waals surface area contributed by atoms with E-state index in [1.165, 1.54) is 18.5 Å². The molecule has 1 saturated carbocycles. The van der Waals surface area contributed by atoms with Crippen LogP contribution in [0.25, 0.3) is 0 Å². The summed E-state index contributed by atoms with van der Waals surface area (Å²) in [5, 5.41) is 0. The molecule has 1 fully saturated rings. The molecule has 0 unspecified atom stereocenters. The van der Waals surface area contributed by atoms with Crippen LogP contribution in [0.5, 0.6) is 0 Å². The van der Waals surface area contributed by atoms with E-state index in [1.54, 1.807) is 6.07 Å². The molecule has 0 bridgehead atoms. The fraction of sp³-hybridized carbons (Fsp3) is 0.455. The number of sulfonamides is 1. The monoisotopic (exact) mass is 254 g/mol. The highest BCUT2D eigenvalue weighted by Gasteiger charge is 2.26. The maximum absolute atomic E-state index is 11.8. The van der Waals surface area contributed by atoms with Crippen LogP contribution in [0.4, 0.5) is 0 Å². The largest absolute Gasteiger partial charge is 0.299 e. The van der Waals surface area contributed by atoms with Gasteiger partial charge in [-0.05, 0) is 25.0 Å². The lowest BCUT2D eigenvalue weighted by Crippen LogP contribution is -2.31. The summed E-state index contributed by atoms with van der Waals surface area (Å²) in [6.45, 7) is 0.191. The Hall–Kier alpha value is -1.27. The van der Waals surface area contributed by atoms with Crippen molar-refractivity contribution in [3.05, 3.63) is 24.5 Å². The Morgan fingerprint density at radius 3 is 2.88 bits per heavy atom. The summed E-state index contributed by atoms with van der Waals surface area (Å²) in [7, 11) is -3.54. The average molecular weight is 254 g/mol. The van der Waals surface area contributed by atoms with E-state index in [1.807, 2.05) is 0 Å². The maximum atomic E-state index is 11.8. The summed E-state index contributed by atoms with van der Waals surface area (Å²) in [4.78, 5) is 15.3. The third-order valence-corrected chi connectivity index (χ3v) is 4.30. The molecule has 0 radical (unpaired) electrons. The number of pyridine rings is 1. The van der Waals surface area contributed by atoms with Gasteiger partial charge in [-0.3, -0.25) is 9.78 Å². The van der Waals surface area contributed by atoms with Crippen molar-refractivity contribution in [3.63, 3.8) is 0 Å². The summed E-state index contributed by atoms with van der Waals surface area (Å²) in [5.74, 6) is -0.0136. The van der Waals surface area contributed by atoms with E-state index in [4.69, 9.17) is 0 Å². The van der Waals surface area contributed by atoms with Crippen LogP contribution in [-0.4, -0.2) is 25.7 Å². The third kappa shape index (κ3) is 2.89. The molecule has 1 aromatic rings. The first-order valence-corrected chi connectivity index (χ1v) is 7.00. The summed E-state index contributed by atoms with van der Waals surface area (Å²) >= 11 is 0. The van der Waals surface area contributed by atoms with Gasteiger partial charge in [0.05, 0.1) is 0 Å². The fourth-order valence-corrected chi connectivity index (χ4v) is 2.95. The molecule has 0 amide bonds. The highest BCUT2D eigenvalue weighted by molar-refractivity contribution is 7.89. The van der Waals surface area contributed by atoms with Crippen LogP contribution in [0.3, 0.4) is 0 Å². The van der Waals surface area contributed by atoms with Gasteiger partial charge in [-0.15, -0.1) is 0 Å². The van der Waals surface area contributed by atoms with Gasteiger partial charge >= 0.3 is 0 Å². The van der Waals surface area contributed by atoms with Crippen molar-refractivity contribution in [2.24, 2.45) is 5.92 Å². The number of hydrogen-bond acceptors (Lipinski definition) is 4. The predicted octanol–water partition coefficient (Wildman–Crippen LogP) is 0.729. The second-order valence-electron chi connectivity index (χ2n) is 4.10. The van der Waals surface area contributed by atoms with Gasteiger partial charge in [0.2, 0.25) is 10.0 Å². The molecule has 0 aromatic carbocycles. The van der Waals surface area contributed by atoms with E-state index >= 15 is 0 Å². The van der Waals surface area contributed by atoms with Crippen molar-refractivity contribution in [2.45, 2.75) is 24.2 Å². The molecule has 0 aliphatic heterocycles. The van der Waals surface area contributed by atoms with E-state index < -0.39 is 10.0 Å². The Balaban J connectivity index is 2.01. The lowest BCUT2D eigenvalue weighted by atomic mass is 10.1. The third-order valence-electron chi connectivity index (χ3n) is 2.90. The van der Waals surface area contributed by atoms with Gasteiger partial charge in [0.15, 0.2) is 0 Å². The number of carbonyl (C=O) groups excluding carboxylic acids is 1. The first-order valence-electron chi connectivity index (χ1n) is 5.52. The Morgan fingerprint density at radius 2 is 2.29 bits per heavy atom. The molecular formula is C11H14N2O3S. The Bertz CT molecular complexity index is 499. The summed E-state index contributed by atoms with van der Waals surface area (Å²) in [6.07, 6.45) is 5.00. The zero-order chi connectivity index (χ0) is 12.3. The predicted molar refractivity (Wildman–Crippen MR) is 61.8 cm³/mol. The fourth-order valence-electron chi connectivity index (χ4n) is 1.90. The standard InChI is InChI=1S/C11H14N2O3S/c14-11-5-1-3-9(11)7-13-17(15,16)10-4-2-6-12-8-10/h2,4,6,8-9,13H,1,3,5,7H2/t9-/m1/s1. The Labute approximate surface area is 100 Å². The zero-order valence-corrected chi connectivity index (χ0v) is 10.1. The second-order valence-corrected chi connectivity index (χ2v) is 5.86. The lowest BCUT2D eigenvalue weighted by molar-refractivity contribution is -0.120. The average Bonchev–Trinajstić information content (AvgIpc) is 2.74. The number of hydrogen-bond donors (Lipinski definition) is 1. The molecule has 6 heteroatoms. The highest BCUT2D eigenvalue weighted by Crippen LogP contribution is 2.20. The molecule has 1 atom stereocenters. The number of Topliss-reactive ketones (excluding diaryl/α,β-unsaturated/α-hetero) is 1. The van der Waals surface area contributed by atoms with Crippen LogP contribution in [-0.2, 0) is 14.8 Å². The molecule has 1 aliphatic carbocycles. The number of carbonyl (C=O) groups is 1. The topological polar surface area (TPSA) is 76.1 Å². The Kier molecular flexibility index (Phi) is 3.54. The van der Waals surface area contributed by atoms with Crippen LogP contribution in [0, 0.1) is 5.92 Å². The molecule has 1 N–H and O–H groups in total. The highest BCUT2D eigenvalue weighted by atomic mass is 32.2. The van der Waals surface area contributed by atoms with Crippen LogP contribution in [0.2, 0.25) is 0 Å². The van der Waals surface area contributed by atoms with Gasteiger partial charge in [0.25, 0.3) is 0 Å². The minimum Gasteiger partial charge on any atom is -0.299 e. The van der Waals surface area contributed by atoms with Gasteiger partial charge < -0.3 is 0 Å². The second kappa shape index (κ2) is 4.93. The van der Waals surface area contributed by atoms with E-state index in [0.29, 0.717) is 6.42 Å². The number of nitrogens with zero attached hydrogens (tertiary/aromatic N) is 1. The van der Waals surface area contributed by atoms with Gasteiger partial charge in [0, 0.05) is 31.3 Å². The molecule has 1 aliphatic rings. The minimum absolute atomic E-state index is 0.130. The van der Waals surface area contributed by atoms with Crippen LogP contribution < -0.4 is 4.72 Å². The number of rotatable bonds is 4. The van der Waals surface area contributed by atoms with Crippen molar-refractivity contribution in [2.75, 3.05) is 6.54 Å². The Morgan fingerprint density at radius 1 is 1.47 bits per heavy atom. The summed E-state index contributed by atoms with van der Waals surface area (Å²) in [6, 6.07) is 3.04. The van der Waals surface area contributed by atoms with Crippen LogP contribution in [0.15, 0.2) is 29.4 Å². The van der Waals surface area contributed by atoms with Gasteiger partial charge in [0.1, 0.15) is 10.7 Å². The molecular weight excluding hydrogens is 240 g/mol. The molecule has 0 saturated heterocycles. The van der Waals surface area contributed by atoms with Crippen molar-refractivity contribution < 1.29 is 13.2 Å². The van der Waals surface area contributed by atoms with E-state index in [-0.39, 0.29) is 23.1 Å². The number of aromatic nitrogens is 1. The van der Waals surface area contributed by atoms with Crippen molar-refractivity contribution in [1.82, 2.24) is 9.71 Å². The van der Waals surface area contributed by atoms with Gasteiger partial charge in [-0.2, -0.15) is 0 Å². The van der Waals surface area contributed by atoms with Crippen LogP contribution in [0.1, 0.15) is 19.3 Å². The first kappa shape index (κ1) is 12.2. The number of nitrogens with one attached hydrogen (secondary N) is 1. The first-order chi connectivity index (χ1) is 8.09. The summed E-state index contributed by atoms with van der Waals surface area (Å²) < 4.78 is 26.1. The molecule has 2 rings (SSSR count). The van der Waals surface area contributed by atoms with E-state index in [2.05, 4.69) is 9.71 Å². The van der Waals surface area contributed by atoms with Crippen molar-refractivity contribution >= 4 is 15.8 Å². The van der Waals surface area contributed by atoms with Crippen molar-refractivity contribution in [3.8, 4) is 0 Å². The van der Waals surface area contributed by atoms with Crippen LogP contribution >= 0.6 is 0 Å².